The van der Waals surface area contributed by atoms with Crippen LogP contribution in [0.1, 0.15) is 36.7 Å². The molecular formula is C17H21N3O2. The molecule has 1 N–H and O–H groups in total. The molecule has 1 aromatic carbocycles. The van der Waals surface area contributed by atoms with Gasteiger partial charge in [0, 0.05) is 12.4 Å². The van der Waals surface area contributed by atoms with Gasteiger partial charge >= 0.3 is 0 Å². The lowest BCUT2D eigenvalue weighted by Crippen LogP contribution is -2.28. The summed E-state index contributed by atoms with van der Waals surface area (Å²) in [4.78, 5) is 19.4. The van der Waals surface area contributed by atoms with Crippen LogP contribution in [0.5, 0.6) is 5.75 Å². The Morgan fingerprint density at radius 1 is 1.14 bits per heavy atom. The van der Waals surface area contributed by atoms with Crippen molar-refractivity contribution in [3.8, 4) is 5.75 Å². The molecule has 0 saturated carbocycles. The van der Waals surface area contributed by atoms with Crippen LogP contribution in [0.3, 0.4) is 0 Å². The standard InChI is InChI=1S/C17H21N3O2/c1-17(2,3)14-4-6-15(7-5-14)22-9-8-20-16(21)13-10-18-12-19-11-13/h4-7,10-12H,8-9H2,1-3H3,(H,20,21). The van der Waals surface area contributed by atoms with E-state index in [-0.39, 0.29) is 11.3 Å². The van der Waals surface area contributed by atoms with E-state index in [0.29, 0.717) is 18.7 Å². The van der Waals surface area contributed by atoms with Gasteiger partial charge in [-0.3, -0.25) is 4.79 Å². The van der Waals surface area contributed by atoms with Crippen molar-refractivity contribution in [3.05, 3.63) is 54.1 Å². The molecule has 5 heteroatoms. The van der Waals surface area contributed by atoms with E-state index in [9.17, 15) is 4.79 Å². The van der Waals surface area contributed by atoms with Crippen LogP contribution in [0.25, 0.3) is 0 Å². The highest BCUT2D eigenvalue weighted by molar-refractivity contribution is 5.93. The maximum absolute atomic E-state index is 11.8. The number of carbonyl (C=O) groups is 1. The minimum absolute atomic E-state index is 0.129. The number of carbonyl (C=O) groups excluding carboxylic acids is 1. The Kier molecular flexibility index (Phi) is 5.09. The predicted octanol–water partition coefficient (Wildman–Crippen LogP) is 2.58. The van der Waals surface area contributed by atoms with Gasteiger partial charge in [-0.1, -0.05) is 32.9 Å². The summed E-state index contributed by atoms with van der Waals surface area (Å²) in [6.45, 7) is 7.35. The Morgan fingerprint density at radius 2 is 1.77 bits per heavy atom. The third kappa shape index (κ3) is 4.55. The molecule has 1 aromatic heterocycles. The van der Waals surface area contributed by atoms with Crippen molar-refractivity contribution in [1.29, 1.82) is 0 Å². The maximum atomic E-state index is 11.8. The van der Waals surface area contributed by atoms with Crippen molar-refractivity contribution in [2.75, 3.05) is 13.2 Å². The molecule has 5 nitrogen and oxygen atoms in total. The predicted molar refractivity (Wildman–Crippen MR) is 85.0 cm³/mol. The van der Waals surface area contributed by atoms with Gasteiger partial charge in [0.15, 0.2) is 0 Å². The largest absolute Gasteiger partial charge is 0.492 e. The zero-order chi connectivity index (χ0) is 16.0. The third-order valence-corrected chi connectivity index (χ3v) is 3.20. The number of benzene rings is 1. The molecular weight excluding hydrogens is 278 g/mol. The zero-order valence-corrected chi connectivity index (χ0v) is 13.2. The lowest BCUT2D eigenvalue weighted by Gasteiger charge is -2.19. The summed E-state index contributed by atoms with van der Waals surface area (Å²) in [7, 11) is 0. The molecule has 0 bridgehead atoms. The fourth-order valence-corrected chi connectivity index (χ4v) is 1.90. The van der Waals surface area contributed by atoms with E-state index >= 15 is 0 Å². The Labute approximate surface area is 130 Å². The van der Waals surface area contributed by atoms with Gasteiger partial charge < -0.3 is 10.1 Å². The van der Waals surface area contributed by atoms with E-state index in [4.69, 9.17) is 4.74 Å². The van der Waals surface area contributed by atoms with Crippen LogP contribution in [0.2, 0.25) is 0 Å². The summed E-state index contributed by atoms with van der Waals surface area (Å²) in [6.07, 6.45) is 4.35. The van der Waals surface area contributed by atoms with Gasteiger partial charge in [0.1, 0.15) is 18.7 Å². The quantitative estimate of drug-likeness (QED) is 0.862. The first-order valence-electron chi connectivity index (χ1n) is 7.23. The summed E-state index contributed by atoms with van der Waals surface area (Å²) in [5.74, 6) is 0.595. The lowest BCUT2D eigenvalue weighted by atomic mass is 9.87. The van der Waals surface area contributed by atoms with Crippen LogP contribution in [0.15, 0.2) is 43.0 Å². The third-order valence-electron chi connectivity index (χ3n) is 3.20. The van der Waals surface area contributed by atoms with Crippen LogP contribution in [0, 0.1) is 0 Å². The highest BCUT2D eigenvalue weighted by Gasteiger charge is 2.12. The second-order valence-electron chi connectivity index (χ2n) is 6.01. The first-order valence-corrected chi connectivity index (χ1v) is 7.23. The number of hydrogen-bond acceptors (Lipinski definition) is 4. The number of ether oxygens (including phenoxy) is 1. The van der Waals surface area contributed by atoms with Gasteiger partial charge in [-0.05, 0) is 23.1 Å². The van der Waals surface area contributed by atoms with E-state index in [1.54, 1.807) is 0 Å². The maximum Gasteiger partial charge on any atom is 0.254 e. The molecule has 0 fully saturated rings. The number of nitrogens with zero attached hydrogens (tertiary/aromatic N) is 2. The lowest BCUT2D eigenvalue weighted by molar-refractivity contribution is 0.0946. The van der Waals surface area contributed by atoms with Crippen molar-refractivity contribution in [3.63, 3.8) is 0 Å². The molecule has 22 heavy (non-hydrogen) atoms. The van der Waals surface area contributed by atoms with E-state index in [1.165, 1.54) is 24.3 Å². The van der Waals surface area contributed by atoms with Crippen LogP contribution in [-0.2, 0) is 5.41 Å². The Hall–Kier alpha value is -2.43. The van der Waals surface area contributed by atoms with Crippen molar-refractivity contribution in [2.45, 2.75) is 26.2 Å². The van der Waals surface area contributed by atoms with Crippen LogP contribution in [0.4, 0.5) is 0 Å². The molecule has 0 atom stereocenters. The monoisotopic (exact) mass is 299 g/mol. The fourth-order valence-electron chi connectivity index (χ4n) is 1.90. The summed E-state index contributed by atoms with van der Waals surface area (Å²) in [6, 6.07) is 8.03. The smallest absolute Gasteiger partial charge is 0.254 e. The molecule has 0 unspecified atom stereocenters. The molecule has 0 saturated heterocycles. The fraction of sp³-hybridized carbons (Fsp3) is 0.353. The highest BCUT2D eigenvalue weighted by atomic mass is 16.5. The molecule has 0 aliphatic carbocycles. The Morgan fingerprint density at radius 3 is 2.36 bits per heavy atom. The van der Waals surface area contributed by atoms with Gasteiger partial charge in [0.2, 0.25) is 0 Å². The van der Waals surface area contributed by atoms with Gasteiger partial charge in [-0.15, -0.1) is 0 Å². The number of nitrogens with one attached hydrogen (secondary N) is 1. The first kappa shape index (κ1) is 15.9. The summed E-state index contributed by atoms with van der Waals surface area (Å²) >= 11 is 0. The van der Waals surface area contributed by atoms with Crippen molar-refractivity contribution >= 4 is 5.91 Å². The molecule has 0 aliphatic rings. The second kappa shape index (κ2) is 7.02. The molecule has 0 aliphatic heterocycles. The van der Waals surface area contributed by atoms with Gasteiger partial charge in [-0.2, -0.15) is 0 Å². The van der Waals surface area contributed by atoms with E-state index in [2.05, 4.69) is 48.2 Å². The van der Waals surface area contributed by atoms with Gasteiger partial charge in [-0.25, -0.2) is 9.97 Å². The van der Waals surface area contributed by atoms with E-state index in [0.717, 1.165) is 5.75 Å². The minimum Gasteiger partial charge on any atom is -0.492 e. The van der Waals surface area contributed by atoms with Crippen LogP contribution >= 0.6 is 0 Å². The number of hydrogen-bond donors (Lipinski definition) is 1. The molecule has 1 amide bonds. The topological polar surface area (TPSA) is 64.1 Å². The zero-order valence-electron chi connectivity index (χ0n) is 13.2. The van der Waals surface area contributed by atoms with Gasteiger partial charge in [0.05, 0.1) is 12.1 Å². The number of aromatic nitrogens is 2. The average Bonchev–Trinajstić information content (AvgIpc) is 2.52. The molecule has 2 aromatic rings. The van der Waals surface area contributed by atoms with Crippen molar-refractivity contribution in [2.24, 2.45) is 0 Å². The summed E-state index contributed by atoms with van der Waals surface area (Å²) in [5.41, 5.74) is 1.83. The van der Waals surface area contributed by atoms with Crippen LogP contribution in [-0.4, -0.2) is 29.0 Å². The number of amides is 1. The molecule has 0 spiro atoms. The summed E-state index contributed by atoms with van der Waals surface area (Å²) < 4.78 is 5.61. The Bertz CT molecular complexity index is 604. The summed E-state index contributed by atoms with van der Waals surface area (Å²) in [5, 5.41) is 2.76. The average molecular weight is 299 g/mol. The van der Waals surface area contributed by atoms with E-state index in [1.807, 2.05) is 12.1 Å². The minimum atomic E-state index is -0.202. The molecule has 0 radical (unpaired) electrons. The van der Waals surface area contributed by atoms with E-state index < -0.39 is 0 Å². The Balaban J connectivity index is 1.76. The first-order chi connectivity index (χ1) is 10.5. The normalized spacial score (nSPS) is 11.0. The SMILES string of the molecule is CC(C)(C)c1ccc(OCCNC(=O)c2cncnc2)cc1. The molecule has 2 rings (SSSR count). The highest BCUT2D eigenvalue weighted by Crippen LogP contribution is 2.24. The second-order valence-corrected chi connectivity index (χ2v) is 6.01. The van der Waals surface area contributed by atoms with Crippen molar-refractivity contribution < 1.29 is 9.53 Å². The number of rotatable bonds is 5. The molecule has 116 valence electrons. The van der Waals surface area contributed by atoms with Crippen molar-refractivity contribution in [1.82, 2.24) is 15.3 Å². The van der Waals surface area contributed by atoms with Crippen LogP contribution < -0.4 is 10.1 Å². The molecule has 1 heterocycles. The van der Waals surface area contributed by atoms with Gasteiger partial charge in [0.25, 0.3) is 5.91 Å².